The van der Waals surface area contributed by atoms with Crippen LogP contribution < -0.4 is 5.32 Å². The monoisotopic (exact) mass is 272 g/mol. The number of rotatable bonds is 3. The minimum absolute atomic E-state index is 0.159. The van der Waals surface area contributed by atoms with E-state index in [-0.39, 0.29) is 17.1 Å². The van der Waals surface area contributed by atoms with E-state index in [1.54, 1.807) is 0 Å². The van der Waals surface area contributed by atoms with Gasteiger partial charge < -0.3 is 5.32 Å². The van der Waals surface area contributed by atoms with Gasteiger partial charge in [-0.2, -0.15) is 0 Å². The number of aromatic amines is 1. The average molecular weight is 272 g/mol. The quantitative estimate of drug-likeness (QED) is 0.902. The zero-order valence-electron chi connectivity index (χ0n) is 12.3. The number of aromatic nitrogens is 3. The number of anilines is 1. The van der Waals surface area contributed by atoms with Crippen LogP contribution in [0.25, 0.3) is 0 Å². The van der Waals surface area contributed by atoms with E-state index in [9.17, 15) is 4.79 Å². The van der Waals surface area contributed by atoms with Crippen molar-refractivity contribution in [2.24, 2.45) is 0 Å². The highest BCUT2D eigenvalue weighted by molar-refractivity contribution is 6.01. The standard InChI is InChI=1S/C15H20N4O/c1-5-10-7-6-8-11(9-10)16-13(20)12-17-14(19-18-12)15(2,3)4/h6-9H,5H2,1-4H3,(H,16,20)(H,17,18,19). The Morgan fingerprint density at radius 3 is 2.70 bits per heavy atom. The Kier molecular flexibility index (Phi) is 3.88. The van der Waals surface area contributed by atoms with Crippen molar-refractivity contribution in [2.75, 3.05) is 5.32 Å². The van der Waals surface area contributed by atoms with Gasteiger partial charge in [-0.15, -0.1) is 5.10 Å². The van der Waals surface area contributed by atoms with Gasteiger partial charge in [-0.3, -0.25) is 9.89 Å². The molecule has 0 saturated heterocycles. The second kappa shape index (κ2) is 5.45. The van der Waals surface area contributed by atoms with Crippen molar-refractivity contribution >= 4 is 11.6 Å². The molecule has 0 unspecified atom stereocenters. The van der Waals surface area contributed by atoms with Crippen molar-refractivity contribution in [2.45, 2.75) is 39.5 Å². The average Bonchev–Trinajstić information content (AvgIpc) is 2.88. The lowest BCUT2D eigenvalue weighted by molar-refractivity contribution is 0.101. The maximum absolute atomic E-state index is 12.1. The molecule has 5 heteroatoms. The second-order valence-electron chi connectivity index (χ2n) is 5.77. The number of carbonyl (C=O) groups excluding carboxylic acids is 1. The lowest BCUT2D eigenvalue weighted by Gasteiger charge is -2.12. The van der Waals surface area contributed by atoms with E-state index in [0.717, 1.165) is 12.1 Å². The minimum atomic E-state index is -0.301. The summed E-state index contributed by atoms with van der Waals surface area (Å²) in [4.78, 5) is 16.3. The third-order valence-electron chi connectivity index (χ3n) is 2.99. The first kappa shape index (κ1) is 14.2. The molecule has 1 amide bonds. The molecular weight excluding hydrogens is 252 g/mol. The Balaban J connectivity index is 2.13. The maximum Gasteiger partial charge on any atom is 0.295 e. The van der Waals surface area contributed by atoms with Gasteiger partial charge in [0.05, 0.1) is 0 Å². The lowest BCUT2D eigenvalue weighted by atomic mass is 9.96. The minimum Gasteiger partial charge on any atom is -0.319 e. The summed E-state index contributed by atoms with van der Waals surface area (Å²) in [6.07, 6.45) is 0.929. The Hall–Kier alpha value is -2.17. The molecule has 1 aromatic carbocycles. The van der Waals surface area contributed by atoms with E-state index in [2.05, 4.69) is 27.4 Å². The molecule has 0 saturated carbocycles. The van der Waals surface area contributed by atoms with Crippen LogP contribution in [-0.2, 0) is 11.8 Å². The van der Waals surface area contributed by atoms with E-state index in [1.807, 2.05) is 45.0 Å². The first-order chi connectivity index (χ1) is 9.40. The normalized spacial score (nSPS) is 11.4. The number of nitrogens with one attached hydrogen (secondary N) is 2. The van der Waals surface area contributed by atoms with E-state index < -0.39 is 0 Å². The molecule has 0 aliphatic carbocycles. The van der Waals surface area contributed by atoms with E-state index in [1.165, 1.54) is 5.56 Å². The Morgan fingerprint density at radius 2 is 2.10 bits per heavy atom. The van der Waals surface area contributed by atoms with Crippen LogP contribution in [0.2, 0.25) is 0 Å². The number of H-pyrrole nitrogens is 1. The van der Waals surface area contributed by atoms with Gasteiger partial charge in [-0.25, -0.2) is 4.98 Å². The molecule has 2 rings (SSSR count). The van der Waals surface area contributed by atoms with Crippen molar-refractivity contribution in [1.29, 1.82) is 0 Å². The fourth-order valence-corrected chi connectivity index (χ4v) is 1.75. The van der Waals surface area contributed by atoms with Gasteiger partial charge in [-0.1, -0.05) is 39.8 Å². The lowest BCUT2D eigenvalue weighted by Crippen LogP contribution is -2.16. The van der Waals surface area contributed by atoms with Crippen LogP contribution in [0.3, 0.4) is 0 Å². The smallest absolute Gasteiger partial charge is 0.295 e. The largest absolute Gasteiger partial charge is 0.319 e. The first-order valence-electron chi connectivity index (χ1n) is 6.73. The van der Waals surface area contributed by atoms with Crippen molar-refractivity contribution in [3.63, 3.8) is 0 Å². The number of aryl methyl sites for hydroxylation is 1. The van der Waals surface area contributed by atoms with Crippen LogP contribution in [0.15, 0.2) is 24.3 Å². The summed E-state index contributed by atoms with van der Waals surface area (Å²) in [6, 6.07) is 7.76. The highest BCUT2D eigenvalue weighted by Crippen LogP contribution is 2.18. The topological polar surface area (TPSA) is 70.7 Å². The zero-order chi connectivity index (χ0) is 14.8. The summed E-state index contributed by atoms with van der Waals surface area (Å²) in [5, 5.41) is 9.60. The van der Waals surface area contributed by atoms with Crippen LogP contribution in [0.1, 0.15) is 49.7 Å². The van der Waals surface area contributed by atoms with Gasteiger partial charge in [-0.05, 0) is 24.1 Å². The molecule has 1 heterocycles. The van der Waals surface area contributed by atoms with Gasteiger partial charge in [0.25, 0.3) is 5.91 Å². The molecule has 106 valence electrons. The maximum atomic E-state index is 12.1. The fraction of sp³-hybridized carbons (Fsp3) is 0.400. The fourth-order valence-electron chi connectivity index (χ4n) is 1.75. The molecule has 0 aliphatic rings. The molecule has 0 aliphatic heterocycles. The molecular formula is C15H20N4O. The summed E-state index contributed by atoms with van der Waals surface area (Å²) in [7, 11) is 0. The third-order valence-corrected chi connectivity index (χ3v) is 2.99. The molecule has 0 spiro atoms. The Bertz CT molecular complexity index is 610. The van der Waals surface area contributed by atoms with Crippen LogP contribution >= 0.6 is 0 Å². The molecule has 1 aromatic heterocycles. The van der Waals surface area contributed by atoms with Crippen LogP contribution in [0.4, 0.5) is 5.69 Å². The van der Waals surface area contributed by atoms with Crippen LogP contribution in [0.5, 0.6) is 0 Å². The van der Waals surface area contributed by atoms with Crippen molar-refractivity contribution < 1.29 is 4.79 Å². The first-order valence-corrected chi connectivity index (χ1v) is 6.73. The summed E-state index contributed by atoms with van der Waals surface area (Å²) < 4.78 is 0. The van der Waals surface area contributed by atoms with Gasteiger partial charge in [0.2, 0.25) is 5.82 Å². The SMILES string of the molecule is CCc1cccc(NC(=O)c2n[nH]c(C(C)(C)C)n2)c1. The zero-order valence-corrected chi connectivity index (χ0v) is 12.3. The van der Waals surface area contributed by atoms with Gasteiger partial charge >= 0.3 is 0 Å². The Morgan fingerprint density at radius 1 is 1.35 bits per heavy atom. The highest BCUT2D eigenvalue weighted by Gasteiger charge is 2.21. The molecule has 0 radical (unpaired) electrons. The van der Waals surface area contributed by atoms with Crippen LogP contribution in [0, 0.1) is 0 Å². The van der Waals surface area contributed by atoms with E-state index in [0.29, 0.717) is 5.82 Å². The number of benzene rings is 1. The second-order valence-corrected chi connectivity index (χ2v) is 5.77. The third kappa shape index (κ3) is 3.23. The number of hydrogen-bond donors (Lipinski definition) is 2. The predicted octanol–water partition coefficient (Wildman–Crippen LogP) is 2.92. The number of amides is 1. The molecule has 20 heavy (non-hydrogen) atoms. The molecule has 5 nitrogen and oxygen atoms in total. The van der Waals surface area contributed by atoms with Crippen molar-refractivity contribution in [3.05, 3.63) is 41.5 Å². The summed E-state index contributed by atoms with van der Waals surface area (Å²) in [5.41, 5.74) is 1.78. The van der Waals surface area contributed by atoms with E-state index in [4.69, 9.17) is 0 Å². The highest BCUT2D eigenvalue weighted by atomic mass is 16.2. The molecule has 0 bridgehead atoms. The Labute approximate surface area is 118 Å². The number of carbonyl (C=O) groups is 1. The number of nitrogens with zero attached hydrogens (tertiary/aromatic N) is 2. The molecule has 2 N–H and O–H groups in total. The predicted molar refractivity (Wildman–Crippen MR) is 78.9 cm³/mol. The number of hydrogen-bond acceptors (Lipinski definition) is 3. The van der Waals surface area contributed by atoms with E-state index >= 15 is 0 Å². The van der Waals surface area contributed by atoms with Gasteiger partial charge in [0.1, 0.15) is 5.82 Å². The van der Waals surface area contributed by atoms with Gasteiger partial charge in [0, 0.05) is 11.1 Å². The molecule has 0 fully saturated rings. The van der Waals surface area contributed by atoms with Crippen molar-refractivity contribution in [1.82, 2.24) is 15.2 Å². The summed E-state index contributed by atoms with van der Waals surface area (Å²) in [5.74, 6) is 0.562. The summed E-state index contributed by atoms with van der Waals surface area (Å²) >= 11 is 0. The van der Waals surface area contributed by atoms with Gasteiger partial charge in [0.15, 0.2) is 0 Å². The molecule has 0 atom stereocenters. The van der Waals surface area contributed by atoms with Crippen LogP contribution in [-0.4, -0.2) is 21.1 Å². The molecule has 2 aromatic rings. The van der Waals surface area contributed by atoms with Crippen molar-refractivity contribution in [3.8, 4) is 0 Å². The summed E-state index contributed by atoms with van der Waals surface area (Å²) in [6.45, 7) is 8.12.